The minimum atomic E-state index is -5.06. The zero-order valence-electron chi connectivity index (χ0n) is 15.6. The summed E-state index contributed by atoms with van der Waals surface area (Å²) in [6.07, 6.45) is -9.45. The van der Waals surface area contributed by atoms with Crippen LogP contribution in [0.3, 0.4) is 0 Å². The molecule has 2 aromatic rings. The Morgan fingerprint density at radius 3 is 2.23 bits per heavy atom. The lowest BCUT2D eigenvalue weighted by Crippen LogP contribution is -2.30. The van der Waals surface area contributed by atoms with Gasteiger partial charge >= 0.3 is 18.0 Å². The second kappa shape index (κ2) is 8.31. The molecule has 0 saturated heterocycles. The molecule has 0 aliphatic heterocycles. The van der Waals surface area contributed by atoms with Crippen LogP contribution in [-0.4, -0.2) is 36.9 Å². The second-order valence-corrected chi connectivity index (χ2v) is 6.29. The van der Waals surface area contributed by atoms with Gasteiger partial charge < -0.3 is 5.32 Å². The number of halogens is 6. The van der Waals surface area contributed by atoms with E-state index >= 15 is 0 Å². The molecule has 166 valence electrons. The van der Waals surface area contributed by atoms with Crippen molar-refractivity contribution in [3.8, 4) is 0 Å². The van der Waals surface area contributed by atoms with E-state index in [1.165, 1.54) is 6.92 Å². The predicted molar refractivity (Wildman–Crippen MR) is 88.2 cm³/mol. The number of aromatic nitrogens is 4. The number of nitro groups is 1. The van der Waals surface area contributed by atoms with Gasteiger partial charge in [-0.05, 0) is 26.3 Å². The molecule has 0 atom stereocenters. The van der Waals surface area contributed by atoms with E-state index in [1.54, 1.807) is 0 Å². The number of rotatable bonds is 7. The van der Waals surface area contributed by atoms with E-state index in [0.29, 0.717) is 4.68 Å². The molecule has 0 bridgehead atoms. The largest absolute Gasteiger partial charge is 0.442 e. The average Bonchev–Trinajstić information content (AvgIpc) is 3.12. The Bertz CT molecular complexity index is 946. The number of amides is 1. The highest BCUT2D eigenvalue weighted by Gasteiger charge is 2.44. The smallest absolute Gasteiger partial charge is 0.354 e. The van der Waals surface area contributed by atoms with E-state index in [9.17, 15) is 41.3 Å². The SMILES string of the molecule is Cc1cc(C(F)(F)F)nn1CCCNC(=O)Cn1nc(C(F)(F)F)c([N+](=O)[O-])c1C. The van der Waals surface area contributed by atoms with Crippen molar-refractivity contribution in [1.82, 2.24) is 24.9 Å². The molecule has 30 heavy (non-hydrogen) atoms. The summed E-state index contributed by atoms with van der Waals surface area (Å²) in [7, 11) is 0. The number of carbonyl (C=O) groups is 1. The number of alkyl halides is 6. The van der Waals surface area contributed by atoms with E-state index in [2.05, 4.69) is 15.5 Å². The molecule has 0 aliphatic rings. The predicted octanol–water partition coefficient (Wildman–Crippen LogP) is 2.85. The highest BCUT2D eigenvalue weighted by Crippen LogP contribution is 2.36. The van der Waals surface area contributed by atoms with Crippen molar-refractivity contribution in [2.24, 2.45) is 0 Å². The zero-order valence-corrected chi connectivity index (χ0v) is 15.6. The van der Waals surface area contributed by atoms with E-state index in [4.69, 9.17) is 0 Å². The third-order valence-corrected chi connectivity index (χ3v) is 4.06. The second-order valence-electron chi connectivity index (χ2n) is 6.29. The third-order valence-electron chi connectivity index (χ3n) is 4.06. The molecule has 2 rings (SSSR count). The van der Waals surface area contributed by atoms with Gasteiger partial charge in [0.2, 0.25) is 11.6 Å². The van der Waals surface area contributed by atoms with Crippen molar-refractivity contribution in [3.05, 3.63) is 39.0 Å². The van der Waals surface area contributed by atoms with Gasteiger partial charge in [0, 0.05) is 18.8 Å². The van der Waals surface area contributed by atoms with Crippen LogP contribution in [0.15, 0.2) is 6.07 Å². The summed E-state index contributed by atoms with van der Waals surface area (Å²) in [6, 6.07) is 0.879. The maximum Gasteiger partial charge on any atom is 0.442 e. The first kappa shape index (κ1) is 23.2. The Labute approximate surface area is 164 Å². The summed E-state index contributed by atoms with van der Waals surface area (Å²) in [6.45, 7) is 1.83. The summed E-state index contributed by atoms with van der Waals surface area (Å²) < 4.78 is 78.2. The number of hydrogen-bond acceptors (Lipinski definition) is 5. The Morgan fingerprint density at radius 1 is 1.13 bits per heavy atom. The number of aryl methyl sites for hydroxylation is 2. The standard InChI is InChI=1S/C15H16F6N6O3/c1-8-6-10(14(16,17)18)23-25(8)5-3-4-22-11(28)7-26-9(2)12(27(29)30)13(24-26)15(19,20)21/h6H,3-5,7H2,1-2H3,(H,22,28). The molecule has 2 heterocycles. The Balaban J connectivity index is 1.95. The molecule has 2 aromatic heterocycles. The van der Waals surface area contributed by atoms with Gasteiger partial charge in [0.05, 0.1) is 4.92 Å². The van der Waals surface area contributed by atoms with Crippen LogP contribution < -0.4 is 5.32 Å². The quantitative estimate of drug-likeness (QED) is 0.307. The van der Waals surface area contributed by atoms with Crippen molar-refractivity contribution < 1.29 is 36.1 Å². The van der Waals surface area contributed by atoms with E-state index < -0.39 is 52.5 Å². The number of nitrogens with zero attached hydrogens (tertiary/aromatic N) is 5. The van der Waals surface area contributed by atoms with Crippen LogP contribution in [0.5, 0.6) is 0 Å². The van der Waals surface area contributed by atoms with Crippen LogP contribution >= 0.6 is 0 Å². The normalized spacial score (nSPS) is 12.3. The molecule has 0 aliphatic carbocycles. The van der Waals surface area contributed by atoms with Gasteiger partial charge in [-0.2, -0.15) is 36.5 Å². The Morgan fingerprint density at radius 2 is 1.77 bits per heavy atom. The Kier molecular flexibility index (Phi) is 6.42. The highest BCUT2D eigenvalue weighted by molar-refractivity contribution is 5.75. The van der Waals surface area contributed by atoms with Gasteiger partial charge in [0.15, 0.2) is 5.69 Å². The lowest BCUT2D eigenvalue weighted by molar-refractivity contribution is -0.388. The lowest BCUT2D eigenvalue weighted by atomic mass is 10.3. The summed E-state index contributed by atoms with van der Waals surface area (Å²) in [5.41, 5.74) is -4.14. The van der Waals surface area contributed by atoms with Crippen molar-refractivity contribution in [2.75, 3.05) is 6.54 Å². The topological polar surface area (TPSA) is 108 Å². The molecule has 15 heteroatoms. The van der Waals surface area contributed by atoms with E-state index in [1.807, 2.05) is 0 Å². The van der Waals surface area contributed by atoms with Crippen LogP contribution in [0, 0.1) is 24.0 Å². The van der Waals surface area contributed by atoms with Crippen LogP contribution in [0.4, 0.5) is 32.0 Å². The maximum absolute atomic E-state index is 12.9. The zero-order chi connectivity index (χ0) is 22.9. The van der Waals surface area contributed by atoms with Gasteiger partial charge in [-0.1, -0.05) is 0 Å². The molecular weight excluding hydrogens is 426 g/mol. The fourth-order valence-corrected chi connectivity index (χ4v) is 2.62. The molecule has 0 radical (unpaired) electrons. The molecule has 1 amide bonds. The molecule has 0 unspecified atom stereocenters. The molecular formula is C15H16F6N6O3. The van der Waals surface area contributed by atoms with E-state index in [0.717, 1.165) is 17.7 Å². The summed E-state index contributed by atoms with van der Waals surface area (Å²) in [4.78, 5) is 21.6. The van der Waals surface area contributed by atoms with Gasteiger partial charge in [0.1, 0.15) is 12.2 Å². The highest BCUT2D eigenvalue weighted by atomic mass is 19.4. The van der Waals surface area contributed by atoms with E-state index in [-0.39, 0.29) is 25.2 Å². The van der Waals surface area contributed by atoms with Crippen LogP contribution in [0.2, 0.25) is 0 Å². The first-order valence-electron chi connectivity index (χ1n) is 8.39. The molecule has 0 fully saturated rings. The minimum Gasteiger partial charge on any atom is -0.354 e. The number of carbonyl (C=O) groups excluding carboxylic acids is 1. The van der Waals surface area contributed by atoms with Crippen LogP contribution in [-0.2, 0) is 30.2 Å². The van der Waals surface area contributed by atoms with Gasteiger partial charge in [-0.15, -0.1) is 0 Å². The molecule has 0 saturated carbocycles. The molecule has 9 nitrogen and oxygen atoms in total. The molecule has 1 N–H and O–H groups in total. The lowest BCUT2D eigenvalue weighted by Gasteiger charge is -2.08. The first-order valence-corrected chi connectivity index (χ1v) is 8.39. The van der Waals surface area contributed by atoms with Crippen molar-refractivity contribution in [2.45, 2.75) is 45.7 Å². The first-order chi connectivity index (χ1) is 13.7. The van der Waals surface area contributed by atoms with Gasteiger partial charge in [-0.3, -0.25) is 24.3 Å². The van der Waals surface area contributed by atoms with Crippen molar-refractivity contribution >= 4 is 11.6 Å². The average molecular weight is 442 g/mol. The number of nitrogens with one attached hydrogen (secondary N) is 1. The third kappa shape index (κ3) is 5.27. The minimum absolute atomic E-state index is 0.00593. The maximum atomic E-state index is 12.9. The van der Waals surface area contributed by atoms with Gasteiger partial charge in [0.25, 0.3) is 0 Å². The fourth-order valence-electron chi connectivity index (χ4n) is 2.62. The van der Waals surface area contributed by atoms with Crippen LogP contribution in [0.25, 0.3) is 0 Å². The van der Waals surface area contributed by atoms with Crippen molar-refractivity contribution in [3.63, 3.8) is 0 Å². The summed E-state index contributed by atoms with van der Waals surface area (Å²) >= 11 is 0. The Hall–Kier alpha value is -3.13. The molecule has 0 spiro atoms. The van der Waals surface area contributed by atoms with Crippen LogP contribution in [0.1, 0.15) is 29.2 Å². The van der Waals surface area contributed by atoms with Crippen molar-refractivity contribution in [1.29, 1.82) is 0 Å². The monoisotopic (exact) mass is 442 g/mol. The van der Waals surface area contributed by atoms with Gasteiger partial charge in [-0.25, -0.2) is 0 Å². The fraction of sp³-hybridized carbons (Fsp3) is 0.533. The molecule has 0 aromatic carbocycles. The summed E-state index contributed by atoms with van der Waals surface area (Å²) in [5.74, 6) is -0.766. The number of hydrogen-bond donors (Lipinski definition) is 1. The summed E-state index contributed by atoms with van der Waals surface area (Å²) in [5, 5.41) is 19.8.